The van der Waals surface area contributed by atoms with E-state index >= 15 is 0 Å². The molecule has 0 spiro atoms. The zero-order chi connectivity index (χ0) is 22.1. The van der Waals surface area contributed by atoms with E-state index in [1.807, 2.05) is 38.1 Å². The second-order valence-corrected chi connectivity index (χ2v) is 8.86. The van der Waals surface area contributed by atoms with Crippen LogP contribution in [0.4, 0.5) is 0 Å². The lowest BCUT2D eigenvalue weighted by Gasteiger charge is -2.34. The molecule has 1 fully saturated rings. The second kappa shape index (κ2) is 8.81. The molecule has 164 valence electrons. The maximum Gasteiger partial charge on any atom is 0.261 e. The van der Waals surface area contributed by atoms with E-state index in [-0.39, 0.29) is 17.2 Å². The van der Waals surface area contributed by atoms with E-state index in [1.54, 1.807) is 12.3 Å². The number of nitrogens with zero attached hydrogens (tertiary/aromatic N) is 3. The fourth-order valence-corrected chi connectivity index (χ4v) is 4.58. The Morgan fingerprint density at radius 2 is 1.77 bits per heavy atom. The van der Waals surface area contributed by atoms with Crippen LogP contribution in [0, 0.1) is 26.7 Å². The fourth-order valence-electron chi connectivity index (χ4n) is 4.58. The van der Waals surface area contributed by atoms with Crippen molar-refractivity contribution in [2.75, 3.05) is 19.6 Å². The topological polar surface area (TPSA) is 78.1 Å². The summed E-state index contributed by atoms with van der Waals surface area (Å²) in [7, 11) is 0. The van der Waals surface area contributed by atoms with E-state index in [0.717, 1.165) is 43.6 Å². The minimum Gasteiger partial charge on any atom is -0.504 e. The highest BCUT2D eigenvalue weighted by atomic mass is 16.3. The summed E-state index contributed by atoms with van der Waals surface area (Å²) in [6.45, 7) is 8.34. The molecule has 0 aliphatic carbocycles. The van der Waals surface area contributed by atoms with Crippen LogP contribution in [0.25, 0.3) is 5.65 Å². The molecule has 3 heterocycles. The first-order chi connectivity index (χ1) is 14.8. The van der Waals surface area contributed by atoms with Gasteiger partial charge in [0.1, 0.15) is 0 Å². The van der Waals surface area contributed by atoms with Crippen molar-refractivity contribution in [3.8, 4) is 5.75 Å². The van der Waals surface area contributed by atoms with E-state index < -0.39 is 6.10 Å². The third kappa shape index (κ3) is 4.50. The molecule has 2 N–H and O–H groups in total. The van der Waals surface area contributed by atoms with Crippen LogP contribution in [0.2, 0.25) is 0 Å². The Balaban J connectivity index is 1.40. The molecular weight excluding hydrogens is 390 g/mol. The van der Waals surface area contributed by atoms with Crippen molar-refractivity contribution in [3.05, 3.63) is 74.8 Å². The van der Waals surface area contributed by atoms with Crippen LogP contribution < -0.4 is 5.56 Å². The minimum atomic E-state index is -0.421. The number of fused-ring (bicyclic) bond motifs is 1. The number of aliphatic hydroxyl groups is 1. The Morgan fingerprint density at radius 1 is 1.10 bits per heavy atom. The van der Waals surface area contributed by atoms with Crippen LogP contribution in [0.5, 0.6) is 5.75 Å². The predicted octanol–water partition coefficient (Wildman–Crippen LogP) is 3.31. The van der Waals surface area contributed by atoms with Gasteiger partial charge in [-0.15, -0.1) is 0 Å². The van der Waals surface area contributed by atoms with Gasteiger partial charge in [0.05, 0.1) is 6.10 Å². The zero-order valence-electron chi connectivity index (χ0n) is 18.5. The lowest BCUT2D eigenvalue weighted by atomic mass is 9.87. The van der Waals surface area contributed by atoms with Crippen LogP contribution in [-0.2, 0) is 6.42 Å². The van der Waals surface area contributed by atoms with Crippen LogP contribution in [0.1, 0.15) is 46.9 Å². The standard InChI is InChI=1S/C25H31N3O3/c1-16-4-6-19(7-5-16)23(30)20-8-11-27(12-9-20)13-10-21-18(3)26-24-22(29)14-17(2)15-28(24)25(21)31/h4-7,14-15,20,23,29-30H,8-13H2,1-3H3/t23-/m0/s1. The highest BCUT2D eigenvalue weighted by molar-refractivity contribution is 5.54. The molecule has 0 saturated carbocycles. The molecule has 1 aromatic carbocycles. The van der Waals surface area contributed by atoms with E-state index in [9.17, 15) is 15.0 Å². The molecule has 1 aliphatic rings. The van der Waals surface area contributed by atoms with E-state index in [1.165, 1.54) is 9.96 Å². The lowest BCUT2D eigenvalue weighted by molar-refractivity contribution is 0.0592. The number of aliphatic hydroxyl groups excluding tert-OH is 1. The Morgan fingerprint density at radius 3 is 2.45 bits per heavy atom. The highest BCUT2D eigenvalue weighted by Crippen LogP contribution is 2.31. The van der Waals surface area contributed by atoms with E-state index in [4.69, 9.17) is 0 Å². The largest absolute Gasteiger partial charge is 0.504 e. The first kappa shape index (κ1) is 21.5. The molecular formula is C25H31N3O3. The van der Waals surface area contributed by atoms with E-state index in [2.05, 4.69) is 16.8 Å². The quantitative estimate of drug-likeness (QED) is 0.661. The molecule has 4 rings (SSSR count). The third-order valence-electron chi connectivity index (χ3n) is 6.52. The molecule has 0 unspecified atom stereocenters. The van der Waals surface area contributed by atoms with Crippen LogP contribution >= 0.6 is 0 Å². The number of piperidine rings is 1. The van der Waals surface area contributed by atoms with Crippen molar-refractivity contribution in [2.45, 2.75) is 46.1 Å². The third-order valence-corrected chi connectivity index (χ3v) is 6.52. The summed E-state index contributed by atoms with van der Waals surface area (Å²) >= 11 is 0. The minimum absolute atomic E-state index is 0.0287. The van der Waals surface area contributed by atoms with Gasteiger partial charge in [0.2, 0.25) is 0 Å². The average Bonchev–Trinajstić information content (AvgIpc) is 2.75. The summed E-state index contributed by atoms with van der Waals surface area (Å²) < 4.78 is 1.46. The van der Waals surface area contributed by atoms with Crippen molar-refractivity contribution < 1.29 is 10.2 Å². The molecule has 2 aromatic heterocycles. The Labute approximate surface area is 182 Å². The molecule has 31 heavy (non-hydrogen) atoms. The number of hydrogen-bond donors (Lipinski definition) is 2. The summed E-state index contributed by atoms with van der Waals surface area (Å²) in [5.41, 5.74) is 4.59. The zero-order valence-corrected chi connectivity index (χ0v) is 18.5. The summed E-state index contributed by atoms with van der Waals surface area (Å²) in [5.74, 6) is 0.292. The smallest absolute Gasteiger partial charge is 0.261 e. The molecule has 1 atom stereocenters. The number of aromatic nitrogens is 2. The molecule has 0 amide bonds. The molecule has 1 saturated heterocycles. The number of likely N-dealkylation sites (tertiary alicyclic amines) is 1. The van der Waals surface area contributed by atoms with Crippen LogP contribution in [-0.4, -0.2) is 44.1 Å². The first-order valence-electron chi connectivity index (χ1n) is 11.0. The lowest BCUT2D eigenvalue weighted by Crippen LogP contribution is -2.37. The van der Waals surface area contributed by atoms with E-state index in [0.29, 0.717) is 23.3 Å². The van der Waals surface area contributed by atoms with Gasteiger partial charge in [0.15, 0.2) is 11.4 Å². The molecule has 0 radical (unpaired) electrons. The van der Waals surface area contributed by atoms with Gasteiger partial charge >= 0.3 is 0 Å². The molecule has 1 aliphatic heterocycles. The average molecular weight is 422 g/mol. The van der Waals surface area contributed by atoms with Gasteiger partial charge in [0, 0.05) is 24.0 Å². The number of rotatable bonds is 5. The van der Waals surface area contributed by atoms with Gasteiger partial charge in [-0.05, 0) is 76.2 Å². The number of aromatic hydroxyl groups is 1. The Bertz CT molecular complexity index is 1130. The predicted molar refractivity (Wildman–Crippen MR) is 122 cm³/mol. The van der Waals surface area contributed by atoms with Gasteiger partial charge in [-0.2, -0.15) is 0 Å². The van der Waals surface area contributed by atoms with Crippen molar-refractivity contribution in [1.29, 1.82) is 0 Å². The summed E-state index contributed by atoms with van der Waals surface area (Å²) in [6, 6.07) is 9.76. The SMILES string of the molecule is Cc1ccc([C@H](O)C2CCN(CCc3c(C)nc4c(O)cc(C)cn4c3=O)CC2)cc1. The van der Waals surface area contributed by atoms with Crippen molar-refractivity contribution in [2.24, 2.45) is 5.92 Å². The van der Waals surface area contributed by atoms with Crippen molar-refractivity contribution in [3.63, 3.8) is 0 Å². The summed E-state index contributed by atoms with van der Waals surface area (Å²) in [6.07, 6.45) is 3.81. The van der Waals surface area contributed by atoms with Gasteiger partial charge in [0.25, 0.3) is 5.56 Å². The first-order valence-corrected chi connectivity index (χ1v) is 11.0. The van der Waals surface area contributed by atoms with Gasteiger partial charge < -0.3 is 15.1 Å². The summed E-state index contributed by atoms with van der Waals surface area (Å²) in [5, 5.41) is 20.9. The van der Waals surface area contributed by atoms with Gasteiger partial charge in [-0.25, -0.2) is 4.98 Å². The molecule has 6 heteroatoms. The maximum atomic E-state index is 13.0. The normalized spacial score (nSPS) is 16.6. The van der Waals surface area contributed by atoms with Crippen LogP contribution in [0.15, 0.2) is 41.3 Å². The number of benzene rings is 1. The fraction of sp³-hybridized carbons (Fsp3) is 0.440. The number of pyridine rings is 1. The maximum absolute atomic E-state index is 13.0. The molecule has 3 aromatic rings. The molecule has 6 nitrogen and oxygen atoms in total. The van der Waals surface area contributed by atoms with Crippen LogP contribution in [0.3, 0.4) is 0 Å². The number of aryl methyl sites for hydroxylation is 3. The Hall–Kier alpha value is -2.70. The van der Waals surface area contributed by atoms with Crippen molar-refractivity contribution >= 4 is 5.65 Å². The second-order valence-electron chi connectivity index (χ2n) is 8.86. The summed E-state index contributed by atoms with van der Waals surface area (Å²) in [4.78, 5) is 19.8. The monoisotopic (exact) mass is 421 g/mol. The number of hydrogen-bond acceptors (Lipinski definition) is 5. The Kier molecular flexibility index (Phi) is 6.12. The van der Waals surface area contributed by atoms with Gasteiger partial charge in [-0.1, -0.05) is 29.8 Å². The molecule has 0 bridgehead atoms. The van der Waals surface area contributed by atoms with Gasteiger partial charge in [-0.3, -0.25) is 9.20 Å². The van der Waals surface area contributed by atoms with Crippen molar-refractivity contribution in [1.82, 2.24) is 14.3 Å². The highest BCUT2D eigenvalue weighted by Gasteiger charge is 2.26.